The molecule has 0 bridgehead atoms. The summed E-state index contributed by atoms with van der Waals surface area (Å²) in [5.41, 5.74) is 0.834. The molecule has 0 amide bonds. The van der Waals surface area contributed by atoms with Crippen LogP contribution < -0.4 is 9.47 Å². The molecule has 0 aliphatic carbocycles. The number of pyridine rings is 2. The van der Waals surface area contributed by atoms with Gasteiger partial charge in [0.1, 0.15) is 11.9 Å². The quantitative estimate of drug-likeness (QED) is 0.617. The van der Waals surface area contributed by atoms with Gasteiger partial charge in [-0.1, -0.05) is 11.8 Å². The van der Waals surface area contributed by atoms with Crippen molar-refractivity contribution in [3.8, 4) is 11.6 Å². The van der Waals surface area contributed by atoms with Crippen LogP contribution >= 0.6 is 11.8 Å². The van der Waals surface area contributed by atoms with Crippen LogP contribution in [0.3, 0.4) is 0 Å². The second-order valence-electron chi connectivity index (χ2n) is 5.64. The first-order chi connectivity index (χ1) is 12.3. The van der Waals surface area contributed by atoms with Crippen molar-refractivity contribution in [1.29, 1.82) is 0 Å². The number of thioether (sulfide) groups is 1. The minimum Gasteiger partial charge on any atom is -0.490 e. The van der Waals surface area contributed by atoms with Gasteiger partial charge in [-0.05, 0) is 24.5 Å². The average Bonchev–Trinajstić information content (AvgIpc) is 2.68. The maximum absolute atomic E-state index is 6.02. The molecule has 0 unspecified atom stereocenters. The maximum Gasteiger partial charge on any atom is 0.213 e. The highest BCUT2D eigenvalue weighted by Crippen LogP contribution is 2.23. The molecule has 3 heterocycles. The molecule has 6 nitrogen and oxygen atoms in total. The van der Waals surface area contributed by atoms with E-state index in [0.717, 1.165) is 42.5 Å². The standard InChI is InChI=1S/C18H22N4O2S/c1-23-17-4-3-14(13-20-17)21-18(25-2)22-11-7-16(8-12-22)24-15-5-9-19-10-6-15/h3-6,9-10,13,16H,7-8,11-12H2,1-2H3/b21-18-. The van der Waals surface area contributed by atoms with Gasteiger partial charge in [-0.3, -0.25) is 4.98 Å². The summed E-state index contributed by atoms with van der Waals surface area (Å²) in [6, 6.07) is 7.54. The van der Waals surface area contributed by atoms with Gasteiger partial charge in [-0.2, -0.15) is 0 Å². The van der Waals surface area contributed by atoms with Crippen LogP contribution in [0.2, 0.25) is 0 Å². The van der Waals surface area contributed by atoms with E-state index < -0.39 is 0 Å². The first-order valence-corrected chi connectivity index (χ1v) is 9.45. The predicted molar refractivity (Wildman–Crippen MR) is 101 cm³/mol. The van der Waals surface area contributed by atoms with E-state index in [-0.39, 0.29) is 6.10 Å². The number of piperidine rings is 1. The van der Waals surface area contributed by atoms with Crippen molar-refractivity contribution in [1.82, 2.24) is 14.9 Å². The fraction of sp³-hybridized carbons (Fsp3) is 0.389. The zero-order valence-corrected chi connectivity index (χ0v) is 15.3. The molecule has 1 aliphatic heterocycles. The lowest BCUT2D eigenvalue weighted by Crippen LogP contribution is -2.40. The van der Waals surface area contributed by atoms with Crippen LogP contribution in [0.1, 0.15) is 12.8 Å². The Labute approximate surface area is 152 Å². The smallest absolute Gasteiger partial charge is 0.213 e. The van der Waals surface area contributed by atoms with Gasteiger partial charge in [-0.25, -0.2) is 9.98 Å². The lowest BCUT2D eigenvalue weighted by Gasteiger charge is -2.33. The Morgan fingerprint density at radius 1 is 1.20 bits per heavy atom. The van der Waals surface area contributed by atoms with Gasteiger partial charge in [0.25, 0.3) is 0 Å². The first kappa shape index (κ1) is 17.5. The van der Waals surface area contributed by atoms with Gasteiger partial charge in [0.05, 0.1) is 19.0 Å². The summed E-state index contributed by atoms with van der Waals surface area (Å²) in [6.07, 6.45) is 9.48. The zero-order chi connectivity index (χ0) is 17.5. The number of likely N-dealkylation sites (tertiary alicyclic amines) is 1. The van der Waals surface area contributed by atoms with Crippen LogP contribution in [0.4, 0.5) is 5.69 Å². The molecule has 2 aromatic heterocycles. The molecule has 1 aliphatic rings. The summed E-state index contributed by atoms with van der Waals surface area (Å²) in [4.78, 5) is 15.3. The minimum atomic E-state index is 0.240. The molecule has 0 spiro atoms. The summed E-state index contributed by atoms with van der Waals surface area (Å²) in [5.74, 6) is 1.48. The molecule has 7 heteroatoms. The molecule has 0 saturated carbocycles. The summed E-state index contributed by atoms with van der Waals surface area (Å²) in [5, 5.41) is 1.01. The number of nitrogens with zero attached hydrogens (tertiary/aromatic N) is 4. The van der Waals surface area contributed by atoms with Crippen LogP contribution in [-0.4, -0.2) is 52.6 Å². The number of ether oxygens (including phenoxy) is 2. The van der Waals surface area contributed by atoms with E-state index in [1.54, 1.807) is 37.5 Å². The predicted octanol–water partition coefficient (Wildman–Crippen LogP) is 3.38. The molecule has 1 saturated heterocycles. The highest BCUT2D eigenvalue weighted by atomic mass is 32.2. The van der Waals surface area contributed by atoms with Crippen molar-refractivity contribution in [2.24, 2.45) is 4.99 Å². The fourth-order valence-electron chi connectivity index (χ4n) is 2.69. The van der Waals surface area contributed by atoms with E-state index >= 15 is 0 Å². The van der Waals surface area contributed by atoms with Crippen molar-refractivity contribution in [2.45, 2.75) is 18.9 Å². The van der Waals surface area contributed by atoms with E-state index in [1.165, 1.54) is 0 Å². The molecule has 0 aromatic carbocycles. The Hall–Kier alpha value is -2.28. The van der Waals surface area contributed by atoms with Crippen molar-refractivity contribution in [2.75, 3.05) is 26.5 Å². The topological polar surface area (TPSA) is 59.8 Å². The molecule has 132 valence electrons. The number of hydrogen-bond donors (Lipinski definition) is 0. The SMILES string of the molecule is COc1ccc(/N=C(\SC)N2CCC(Oc3ccncc3)CC2)cn1. The van der Waals surface area contributed by atoms with E-state index in [0.29, 0.717) is 5.88 Å². The van der Waals surface area contributed by atoms with Crippen LogP contribution in [-0.2, 0) is 0 Å². The summed E-state index contributed by atoms with van der Waals surface area (Å²) in [6.45, 7) is 1.86. The molecule has 0 atom stereocenters. The monoisotopic (exact) mass is 358 g/mol. The Morgan fingerprint density at radius 2 is 1.96 bits per heavy atom. The van der Waals surface area contributed by atoms with Crippen LogP contribution in [0.15, 0.2) is 47.8 Å². The molecular formula is C18H22N4O2S. The largest absolute Gasteiger partial charge is 0.490 e. The number of aliphatic imine (C=N–C) groups is 1. The number of methoxy groups -OCH3 is 1. The van der Waals surface area contributed by atoms with Gasteiger partial charge >= 0.3 is 0 Å². The third-order valence-electron chi connectivity index (χ3n) is 4.00. The van der Waals surface area contributed by atoms with Gasteiger partial charge in [0, 0.05) is 44.4 Å². The van der Waals surface area contributed by atoms with Gasteiger partial charge in [-0.15, -0.1) is 0 Å². The molecule has 3 rings (SSSR count). The summed E-state index contributed by atoms with van der Waals surface area (Å²) >= 11 is 1.65. The van der Waals surface area contributed by atoms with Crippen LogP contribution in [0.25, 0.3) is 0 Å². The first-order valence-electron chi connectivity index (χ1n) is 8.23. The summed E-state index contributed by atoms with van der Waals surface area (Å²) < 4.78 is 11.1. The molecule has 0 radical (unpaired) electrons. The van der Waals surface area contributed by atoms with Gasteiger partial charge in [0.15, 0.2) is 5.17 Å². The van der Waals surface area contributed by atoms with Crippen molar-refractivity contribution in [3.05, 3.63) is 42.9 Å². The number of hydrogen-bond acceptors (Lipinski definition) is 6. The average molecular weight is 358 g/mol. The Kier molecular flexibility index (Phi) is 6.11. The van der Waals surface area contributed by atoms with E-state index in [4.69, 9.17) is 14.5 Å². The number of aromatic nitrogens is 2. The highest BCUT2D eigenvalue weighted by Gasteiger charge is 2.22. The Bertz CT molecular complexity index is 686. The summed E-state index contributed by atoms with van der Waals surface area (Å²) in [7, 11) is 1.61. The zero-order valence-electron chi connectivity index (χ0n) is 14.5. The molecule has 25 heavy (non-hydrogen) atoms. The molecule has 1 fully saturated rings. The molecule has 0 N–H and O–H groups in total. The number of rotatable bonds is 4. The second-order valence-corrected chi connectivity index (χ2v) is 6.42. The normalized spacial score (nSPS) is 15.9. The molecule has 2 aromatic rings. The Morgan fingerprint density at radius 3 is 2.56 bits per heavy atom. The number of amidine groups is 1. The highest BCUT2D eigenvalue weighted by molar-refractivity contribution is 8.13. The van der Waals surface area contributed by atoms with Gasteiger partial charge in [0.2, 0.25) is 5.88 Å². The lowest BCUT2D eigenvalue weighted by molar-refractivity contribution is 0.132. The maximum atomic E-state index is 6.02. The van der Waals surface area contributed by atoms with E-state index in [1.807, 2.05) is 24.3 Å². The Balaban J connectivity index is 1.58. The lowest BCUT2D eigenvalue weighted by atomic mass is 10.1. The van der Waals surface area contributed by atoms with Crippen molar-refractivity contribution < 1.29 is 9.47 Å². The molecular weight excluding hydrogens is 336 g/mol. The van der Waals surface area contributed by atoms with Crippen molar-refractivity contribution >= 4 is 22.6 Å². The fourth-order valence-corrected chi connectivity index (χ4v) is 3.33. The van der Waals surface area contributed by atoms with E-state index in [9.17, 15) is 0 Å². The second kappa shape index (κ2) is 8.71. The van der Waals surface area contributed by atoms with Crippen LogP contribution in [0, 0.1) is 0 Å². The minimum absolute atomic E-state index is 0.240. The third kappa shape index (κ3) is 4.85. The van der Waals surface area contributed by atoms with Gasteiger partial charge < -0.3 is 14.4 Å². The van der Waals surface area contributed by atoms with Crippen molar-refractivity contribution in [3.63, 3.8) is 0 Å². The third-order valence-corrected chi connectivity index (χ3v) is 4.72. The van der Waals surface area contributed by atoms with E-state index in [2.05, 4.69) is 21.1 Å². The van der Waals surface area contributed by atoms with Crippen LogP contribution in [0.5, 0.6) is 11.6 Å².